The topological polar surface area (TPSA) is 104 Å². The number of benzene rings is 2. The highest BCUT2D eigenvalue weighted by Crippen LogP contribution is 2.28. The summed E-state index contributed by atoms with van der Waals surface area (Å²) >= 11 is 1.48. The van der Waals surface area contributed by atoms with Gasteiger partial charge in [0, 0.05) is 22.7 Å². The Morgan fingerprint density at radius 3 is 2.51 bits per heavy atom. The van der Waals surface area contributed by atoms with E-state index in [1.807, 2.05) is 36.6 Å². The van der Waals surface area contributed by atoms with Crippen molar-refractivity contribution in [2.24, 2.45) is 0 Å². The van der Waals surface area contributed by atoms with Gasteiger partial charge in [0.1, 0.15) is 11.3 Å². The largest absolute Gasteiger partial charge is 0.497 e. The maximum Gasteiger partial charge on any atom is 0.343 e. The fourth-order valence-electron chi connectivity index (χ4n) is 3.48. The third-order valence-corrected chi connectivity index (χ3v) is 6.11. The molecule has 0 radical (unpaired) electrons. The molecule has 0 saturated carbocycles. The highest BCUT2D eigenvalue weighted by molar-refractivity contribution is 7.15. The zero-order valence-electron chi connectivity index (χ0n) is 19.3. The van der Waals surface area contributed by atoms with E-state index in [9.17, 15) is 4.79 Å². The van der Waals surface area contributed by atoms with Crippen LogP contribution in [-0.2, 0) is 4.74 Å². The van der Waals surface area contributed by atoms with Gasteiger partial charge in [0.25, 0.3) is 0 Å². The number of methoxy groups -OCH3 is 1. The molecule has 0 spiro atoms. The number of ether oxygens (including phenoxy) is 2. The van der Waals surface area contributed by atoms with E-state index >= 15 is 0 Å². The second-order valence-electron chi connectivity index (χ2n) is 7.65. The molecular weight excluding hydrogens is 464 g/mol. The summed E-state index contributed by atoms with van der Waals surface area (Å²) in [6.07, 6.45) is 1.45. The minimum absolute atomic E-state index is 0.195. The highest BCUT2D eigenvalue weighted by atomic mass is 32.1. The van der Waals surface area contributed by atoms with Gasteiger partial charge in [-0.25, -0.2) is 19.3 Å². The Morgan fingerprint density at radius 2 is 1.80 bits per heavy atom. The Bertz CT molecular complexity index is 1490. The lowest BCUT2D eigenvalue weighted by atomic mass is 10.1. The lowest BCUT2D eigenvalue weighted by molar-refractivity contribution is 0.0526. The minimum Gasteiger partial charge on any atom is -0.497 e. The van der Waals surface area contributed by atoms with Crippen molar-refractivity contribution in [3.63, 3.8) is 0 Å². The Labute approximate surface area is 205 Å². The number of nitrogens with zero attached hydrogens (tertiary/aromatic N) is 5. The molecular formula is C25H22N6O3S. The number of aromatic nitrogens is 5. The number of rotatable bonds is 7. The Balaban J connectivity index is 1.52. The monoisotopic (exact) mass is 486 g/mol. The zero-order chi connectivity index (χ0) is 24.4. The Hall–Kier alpha value is -4.31. The molecule has 1 N–H and O–H groups in total. The first-order valence-electron chi connectivity index (χ1n) is 10.9. The first-order valence-corrected chi connectivity index (χ1v) is 11.8. The number of hydrogen-bond acceptors (Lipinski definition) is 9. The zero-order valence-corrected chi connectivity index (χ0v) is 20.2. The van der Waals surface area contributed by atoms with Gasteiger partial charge >= 0.3 is 5.97 Å². The van der Waals surface area contributed by atoms with Crippen LogP contribution < -0.4 is 10.1 Å². The molecule has 0 aliphatic heterocycles. The van der Waals surface area contributed by atoms with Crippen LogP contribution in [0.2, 0.25) is 0 Å². The van der Waals surface area contributed by atoms with Gasteiger partial charge in [-0.1, -0.05) is 29.8 Å². The maximum absolute atomic E-state index is 12.6. The lowest BCUT2D eigenvalue weighted by Crippen LogP contribution is -2.11. The molecule has 0 unspecified atom stereocenters. The second-order valence-corrected chi connectivity index (χ2v) is 8.48. The van der Waals surface area contributed by atoms with Gasteiger partial charge in [0.2, 0.25) is 10.9 Å². The molecule has 0 fully saturated rings. The van der Waals surface area contributed by atoms with Crippen molar-refractivity contribution < 1.29 is 14.3 Å². The fourth-order valence-corrected chi connectivity index (χ4v) is 4.31. The number of thiazole rings is 1. The van der Waals surface area contributed by atoms with Crippen LogP contribution in [0.5, 0.6) is 5.75 Å². The molecule has 0 aliphatic rings. The van der Waals surface area contributed by atoms with Crippen molar-refractivity contribution in [1.82, 2.24) is 24.6 Å². The van der Waals surface area contributed by atoms with Crippen LogP contribution in [0.1, 0.15) is 22.8 Å². The Kier molecular flexibility index (Phi) is 6.11. The molecule has 0 amide bonds. The number of carbonyl (C=O) groups excluding carboxylic acids is 1. The quantitative estimate of drug-likeness (QED) is 0.315. The molecule has 0 aliphatic carbocycles. The van der Waals surface area contributed by atoms with E-state index in [-0.39, 0.29) is 18.0 Å². The van der Waals surface area contributed by atoms with E-state index in [1.165, 1.54) is 23.1 Å². The summed E-state index contributed by atoms with van der Waals surface area (Å²) in [6.45, 7) is 4.03. The first-order chi connectivity index (χ1) is 17.1. The van der Waals surface area contributed by atoms with Crippen LogP contribution in [-0.4, -0.2) is 44.3 Å². The lowest BCUT2D eigenvalue weighted by Gasteiger charge is -2.10. The third-order valence-electron chi connectivity index (χ3n) is 5.29. The highest BCUT2D eigenvalue weighted by Gasteiger charge is 2.19. The van der Waals surface area contributed by atoms with Gasteiger partial charge in [0.15, 0.2) is 11.6 Å². The molecule has 35 heavy (non-hydrogen) atoms. The van der Waals surface area contributed by atoms with Crippen LogP contribution >= 0.6 is 11.3 Å². The van der Waals surface area contributed by atoms with Crippen LogP contribution in [0.4, 0.5) is 11.8 Å². The molecule has 9 nitrogen and oxygen atoms in total. The molecule has 176 valence electrons. The number of anilines is 2. The third kappa shape index (κ3) is 4.56. The van der Waals surface area contributed by atoms with Gasteiger partial charge in [-0.3, -0.25) is 0 Å². The predicted molar refractivity (Wildman–Crippen MR) is 134 cm³/mol. The van der Waals surface area contributed by atoms with E-state index in [0.717, 1.165) is 22.6 Å². The van der Waals surface area contributed by atoms with Gasteiger partial charge in [-0.05, 0) is 38.1 Å². The Morgan fingerprint density at radius 1 is 1.06 bits per heavy atom. The first kappa shape index (κ1) is 22.5. The summed E-state index contributed by atoms with van der Waals surface area (Å²) in [5, 5.41) is 9.72. The van der Waals surface area contributed by atoms with Gasteiger partial charge in [0.05, 0.1) is 19.4 Å². The average molecular weight is 487 g/mol. The van der Waals surface area contributed by atoms with Crippen molar-refractivity contribution >= 4 is 34.0 Å². The molecule has 3 aromatic heterocycles. The van der Waals surface area contributed by atoms with Crippen molar-refractivity contribution in [1.29, 1.82) is 0 Å². The second kappa shape index (κ2) is 9.51. The molecule has 10 heteroatoms. The smallest absolute Gasteiger partial charge is 0.343 e. The van der Waals surface area contributed by atoms with Gasteiger partial charge in [-0.15, -0.1) is 16.4 Å². The summed E-state index contributed by atoms with van der Waals surface area (Å²) in [6, 6.07) is 15.6. The number of esters is 1. The molecule has 0 saturated heterocycles. The number of carbonyl (C=O) groups is 1. The van der Waals surface area contributed by atoms with Crippen LogP contribution in [0.25, 0.3) is 27.6 Å². The van der Waals surface area contributed by atoms with Crippen molar-refractivity contribution in [2.45, 2.75) is 13.8 Å². The van der Waals surface area contributed by atoms with Crippen molar-refractivity contribution in [3.05, 3.63) is 71.2 Å². The van der Waals surface area contributed by atoms with Gasteiger partial charge in [-0.2, -0.15) is 4.98 Å². The fraction of sp³-hybridized carbons (Fsp3) is 0.160. The normalized spacial score (nSPS) is 10.9. The number of fused-ring (bicyclic) bond motifs is 1. The SMILES string of the molecule is CCOC(=O)c1cnc(-c2ccc(OC)cc2)nc1Nc1nc2scc(-c3ccc(C)cc3)n2n1. The van der Waals surface area contributed by atoms with E-state index in [0.29, 0.717) is 16.7 Å². The van der Waals surface area contributed by atoms with Crippen LogP contribution in [0, 0.1) is 6.92 Å². The molecule has 0 atom stereocenters. The minimum atomic E-state index is -0.530. The summed E-state index contributed by atoms with van der Waals surface area (Å²) < 4.78 is 12.2. The molecule has 5 rings (SSSR count). The van der Waals surface area contributed by atoms with Crippen LogP contribution in [0.3, 0.4) is 0 Å². The van der Waals surface area contributed by atoms with E-state index in [1.54, 1.807) is 18.5 Å². The molecule has 5 aromatic rings. The maximum atomic E-state index is 12.6. The average Bonchev–Trinajstić information content (AvgIpc) is 3.45. The van der Waals surface area contributed by atoms with Gasteiger partial charge < -0.3 is 14.8 Å². The summed E-state index contributed by atoms with van der Waals surface area (Å²) in [5.74, 6) is 1.21. The van der Waals surface area contributed by atoms with Crippen molar-refractivity contribution in [2.75, 3.05) is 19.0 Å². The van der Waals surface area contributed by atoms with E-state index in [2.05, 4.69) is 49.6 Å². The van der Waals surface area contributed by atoms with E-state index in [4.69, 9.17) is 9.47 Å². The molecule has 0 bridgehead atoms. The molecule has 2 aromatic carbocycles. The van der Waals surface area contributed by atoms with Crippen LogP contribution in [0.15, 0.2) is 60.1 Å². The summed E-state index contributed by atoms with van der Waals surface area (Å²) in [7, 11) is 1.61. The standard InChI is InChI=1S/C25H22N6O3S/c1-4-34-23(32)19-13-26-21(17-9-11-18(33-3)12-10-17)27-22(19)28-24-29-25-31(30-24)20(14-35-25)16-7-5-15(2)6-8-16/h5-14H,4H2,1-3H3,(H,26,27,28,30). The number of nitrogens with one attached hydrogen (secondary N) is 1. The van der Waals surface area contributed by atoms with E-state index < -0.39 is 5.97 Å². The van der Waals surface area contributed by atoms with Crippen molar-refractivity contribution in [3.8, 4) is 28.4 Å². The summed E-state index contributed by atoms with van der Waals surface area (Å²) in [5.41, 5.74) is 4.11. The number of hydrogen-bond donors (Lipinski definition) is 1. The molecule has 3 heterocycles. The predicted octanol–water partition coefficient (Wildman–Crippen LogP) is 5.15. The summed E-state index contributed by atoms with van der Waals surface area (Å²) in [4.78, 5) is 26.8. The number of aryl methyl sites for hydroxylation is 1.